The molecule has 3 nitrogen and oxygen atoms in total. The SMILES string of the molecule is CC(=O)N1CCc2ccc(S(C)=O)cc2C1. The molecule has 0 saturated carbocycles. The Hall–Kier alpha value is -1.16. The van der Waals surface area contributed by atoms with Gasteiger partial charge in [0.05, 0.1) is 0 Å². The summed E-state index contributed by atoms with van der Waals surface area (Å²) in [7, 11) is -0.952. The summed E-state index contributed by atoms with van der Waals surface area (Å²) < 4.78 is 11.4. The van der Waals surface area contributed by atoms with Crippen LogP contribution in [0, 0.1) is 0 Å². The van der Waals surface area contributed by atoms with Crippen molar-refractivity contribution in [1.82, 2.24) is 4.90 Å². The van der Waals surface area contributed by atoms with E-state index < -0.39 is 10.8 Å². The zero-order valence-electron chi connectivity index (χ0n) is 9.53. The van der Waals surface area contributed by atoms with Crippen LogP contribution in [0.3, 0.4) is 0 Å². The van der Waals surface area contributed by atoms with Crippen molar-refractivity contribution in [3.63, 3.8) is 0 Å². The molecule has 1 aromatic carbocycles. The van der Waals surface area contributed by atoms with Gasteiger partial charge in [0.25, 0.3) is 0 Å². The number of carbonyl (C=O) groups is 1. The van der Waals surface area contributed by atoms with Crippen molar-refractivity contribution in [2.75, 3.05) is 12.8 Å². The predicted octanol–water partition coefficient (Wildman–Crippen LogP) is 1.33. The number of carbonyl (C=O) groups excluding carboxylic acids is 1. The highest BCUT2D eigenvalue weighted by Gasteiger charge is 2.18. The second-order valence-electron chi connectivity index (χ2n) is 4.08. The number of fused-ring (bicyclic) bond motifs is 1. The average molecular weight is 237 g/mol. The fourth-order valence-electron chi connectivity index (χ4n) is 1.98. The topological polar surface area (TPSA) is 37.4 Å². The molecule has 0 spiro atoms. The minimum absolute atomic E-state index is 0.105. The highest BCUT2D eigenvalue weighted by molar-refractivity contribution is 7.84. The van der Waals surface area contributed by atoms with E-state index in [-0.39, 0.29) is 5.91 Å². The van der Waals surface area contributed by atoms with Crippen LogP contribution in [0.15, 0.2) is 23.1 Å². The van der Waals surface area contributed by atoms with Crippen molar-refractivity contribution in [3.8, 4) is 0 Å². The third kappa shape index (κ3) is 2.16. The maximum absolute atomic E-state index is 11.4. The third-order valence-corrected chi connectivity index (χ3v) is 3.89. The van der Waals surface area contributed by atoms with Gasteiger partial charge in [0.1, 0.15) is 0 Å². The van der Waals surface area contributed by atoms with Gasteiger partial charge in [-0.05, 0) is 29.7 Å². The Bertz CT molecular complexity index is 456. The summed E-state index contributed by atoms with van der Waals surface area (Å²) in [5.41, 5.74) is 2.40. The van der Waals surface area contributed by atoms with E-state index in [1.807, 2.05) is 23.1 Å². The minimum atomic E-state index is -0.952. The Kier molecular flexibility index (Phi) is 3.10. The number of amides is 1. The first-order valence-electron chi connectivity index (χ1n) is 5.28. The van der Waals surface area contributed by atoms with E-state index in [4.69, 9.17) is 0 Å². The molecule has 0 aromatic heterocycles. The minimum Gasteiger partial charge on any atom is -0.338 e. The van der Waals surface area contributed by atoms with Gasteiger partial charge in [-0.1, -0.05) is 6.07 Å². The predicted molar refractivity (Wildman–Crippen MR) is 63.6 cm³/mol. The summed E-state index contributed by atoms with van der Waals surface area (Å²) in [5, 5.41) is 0. The van der Waals surface area contributed by atoms with Gasteiger partial charge >= 0.3 is 0 Å². The Morgan fingerprint density at radius 2 is 2.12 bits per heavy atom. The summed E-state index contributed by atoms with van der Waals surface area (Å²) in [5.74, 6) is 0.105. The first-order valence-corrected chi connectivity index (χ1v) is 6.84. The van der Waals surface area contributed by atoms with Crippen molar-refractivity contribution in [2.24, 2.45) is 0 Å². The van der Waals surface area contributed by atoms with Gasteiger partial charge in [0.2, 0.25) is 5.91 Å². The van der Waals surface area contributed by atoms with Crippen LogP contribution in [0.1, 0.15) is 18.1 Å². The first kappa shape index (κ1) is 11.3. The van der Waals surface area contributed by atoms with Crippen molar-refractivity contribution >= 4 is 16.7 Å². The molecule has 1 aromatic rings. The quantitative estimate of drug-likeness (QED) is 0.739. The van der Waals surface area contributed by atoms with Crippen LogP contribution in [-0.2, 0) is 28.6 Å². The van der Waals surface area contributed by atoms with E-state index in [2.05, 4.69) is 0 Å². The van der Waals surface area contributed by atoms with Crippen molar-refractivity contribution in [3.05, 3.63) is 29.3 Å². The second-order valence-corrected chi connectivity index (χ2v) is 5.45. The molecule has 1 aliphatic heterocycles. The molecule has 0 N–H and O–H groups in total. The molecule has 1 aliphatic rings. The van der Waals surface area contributed by atoms with Crippen LogP contribution in [0.2, 0.25) is 0 Å². The Balaban J connectivity index is 2.32. The highest BCUT2D eigenvalue weighted by atomic mass is 32.2. The zero-order chi connectivity index (χ0) is 11.7. The molecular weight excluding hydrogens is 222 g/mol. The molecule has 0 aliphatic carbocycles. The summed E-state index contributed by atoms with van der Waals surface area (Å²) >= 11 is 0. The average Bonchev–Trinajstić information content (AvgIpc) is 2.27. The number of hydrogen-bond acceptors (Lipinski definition) is 2. The summed E-state index contributed by atoms with van der Waals surface area (Å²) in [6.45, 7) is 3.03. The standard InChI is InChI=1S/C12H15NO2S/c1-9(14)13-6-5-10-3-4-12(16(2)15)7-11(10)8-13/h3-4,7H,5-6,8H2,1-2H3. The molecule has 1 heterocycles. The fraction of sp³-hybridized carbons (Fsp3) is 0.417. The molecule has 0 fully saturated rings. The molecule has 86 valence electrons. The van der Waals surface area contributed by atoms with Crippen molar-refractivity contribution in [1.29, 1.82) is 0 Å². The molecule has 1 unspecified atom stereocenters. The number of nitrogens with zero attached hydrogens (tertiary/aromatic N) is 1. The van der Waals surface area contributed by atoms with E-state index in [9.17, 15) is 9.00 Å². The normalized spacial score (nSPS) is 16.8. The summed E-state index contributed by atoms with van der Waals surface area (Å²) in [6.07, 6.45) is 2.57. The molecule has 4 heteroatoms. The lowest BCUT2D eigenvalue weighted by Gasteiger charge is -2.28. The summed E-state index contributed by atoms with van der Waals surface area (Å²) in [4.78, 5) is 14.0. The van der Waals surface area contributed by atoms with Crippen molar-refractivity contribution in [2.45, 2.75) is 24.8 Å². The maximum Gasteiger partial charge on any atom is 0.219 e. The number of hydrogen-bond donors (Lipinski definition) is 0. The fourth-order valence-corrected chi connectivity index (χ4v) is 2.55. The molecule has 0 radical (unpaired) electrons. The highest BCUT2D eigenvalue weighted by Crippen LogP contribution is 2.21. The van der Waals surface area contributed by atoms with Gasteiger partial charge < -0.3 is 4.90 Å². The van der Waals surface area contributed by atoms with E-state index >= 15 is 0 Å². The molecular formula is C12H15NO2S. The Morgan fingerprint density at radius 3 is 2.75 bits per heavy atom. The maximum atomic E-state index is 11.4. The van der Waals surface area contributed by atoms with Crippen LogP contribution in [-0.4, -0.2) is 27.8 Å². The molecule has 1 atom stereocenters. The van der Waals surface area contributed by atoms with Gasteiger partial charge in [-0.2, -0.15) is 0 Å². The lowest BCUT2D eigenvalue weighted by atomic mass is 10.00. The lowest BCUT2D eigenvalue weighted by molar-refractivity contribution is -0.129. The smallest absolute Gasteiger partial charge is 0.219 e. The van der Waals surface area contributed by atoms with Gasteiger partial charge in [0, 0.05) is 42.0 Å². The van der Waals surface area contributed by atoms with Gasteiger partial charge in [-0.25, -0.2) is 0 Å². The molecule has 2 rings (SSSR count). The second kappa shape index (κ2) is 4.37. The third-order valence-electron chi connectivity index (χ3n) is 2.97. The number of benzene rings is 1. The van der Waals surface area contributed by atoms with Crippen LogP contribution in [0.5, 0.6) is 0 Å². The largest absolute Gasteiger partial charge is 0.338 e. The molecule has 0 saturated heterocycles. The molecule has 0 bridgehead atoms. The van der Waals surface area contributed by atoms with Crippen LogP contribution in [0.25, 0.3) is 0 Å². The van der Waals surface area contributed by atoms with Gasteiger partial charge in [-0.3, -0.25) is 9.00 Å². The van der Waals surface area contributed by atoms with Gasteiger partial charge in [0.15, 0.2) is 0 Å². The summed E-state index contributed by atoms with van der Waals surface area (Å²) in [6, 6.07) is 5.91. The monoisotopic (exact) mass is 237 g/mol. The van der Waals surface area contributed by atoms with Crippen molar-refractivity contribution < 1.29 is 9.00 Å². The van der Waals surface area contributed by atoms with Crippen LogP contribution >= 0.6 is 0 Å². The van der Waals surface area contributed by atoms with E-state index in [1.54, 1.807) is 13.2 Å². The van der Waals surface area contributed by atoms with Crippen LogP contribution in [0.4, 0.5) is 0 Å². The lowest BCUT2D eigenvalue weighted by Crippen LogP contribution is -2.34. The Morgan fingerprint density at radius 1 is 1.38 bits per heavy atom. The Labute approximate surface area is 97.9 Å². The van der Waals surface area contributed by atoms with E-state index in [1.165, 1.54) is 5.56 Å². The van der Waals surface area contributed by atoms with E-state index in [0.717, 1.165) is 23.4 Å². The molecule has 1 amide bonds. The van der Waals surface area contributed by atoms with Gasteiger partial charge in [-0.15, -0.1) is 0 Å². The first-order chi connectivity index (χ1) is 7.58. The number of rotatable bonds is 1. The van der Waals surface area contributed by atoms with E-state index in [0.29, 0.717) is 6.54 Å². The van der Waals surface area contributed by atoms with Crippen LogP contribution < -0.4 is 0 Å². The zero-order valence-corrected chi connectivity index (χ0v) is 10.3. The molecule has 16 heavy (non-hydrogen) atoms.